The Kier molecular flexibility index (Phi) is 5.07. The van der Waals surface area contributed by atoms with Crippen LogP contribution in [0.3, 0.4) is 0 Å². The quantitative estimate of drug-likeness (QED) is 0.694. The number of benzene rings is 1. The van der Waals surface area contributed by atoms with Crippen molar-refractivity contribution in [1.29, 1.82) is 0 Å². The van der Waals surface area contributed by atoms with E-state index in [0.29, 0.717) is 6.42 Å². The number of imide groups is 1. The molecule has 4 amide bonds. The van der Waals surface area contributed by atoms with Crippen molar-refractivity contribution in [1.82, 2.24) is 20.5 Å². The van der Waals surface area contributed by atoms with Crippen molar-refractivity contribution in [2.75, 3.05) is 0 Å². The number of carbonyl (C=O) groups is 3. The molecule has 2 heterocycles. The zero-order chi connectivity index (χ0) is 19.7. The van der Waals surface area contributed by atoms with Gasteiger partial charge in [0.2, 0.25) is 5.91 Å². The Bertz CT molecular complexity index is 900. The van der Waals surface area contributed by atoms with Crippen LogP contribution in [0, 0.1) is 0 Å². The minimum atomic E-state index is -0.817. The highest BCUT2D eigenvalue weighted by molar-refractivity contribution is 6.07. The van der Waals surface area contributed by atoms with Gasteiger partial charge in [0, 0.05) is 29.6 Å². The second-order valence-electron chi connectivity index (χ2n) is 7.79. The molecule has 2 aliphatic rings. The molecular formula is C21H26N4O3. The number of carbonyl (C=O) groups excluding carboxylic acids is 3. The molecule has 1 saturated heterocycles. The topological polar surface area (TPSA) is 94.3 Å². The second-order valence-corrected chi connectivity index (χ2v) is 7.79. The van der Waals surface area contributed by atoms with Crippen molar-refractivity contribution in [3.8, 4) is 0 Å². The van der Waals surface area contributed by atoms with E-state index in [0.717, 1.165) is 47.0 Å². The fourth-order valence-corrected chi connectivity index (χ4v) is 4.26. The van der Waals surface area contributed by atoms with Crippen LogP contribution in [0.25, 0.3) is 10.9 Å². The average molecular weight is 382 g/mol. The zero-order valence-electron chi connectivity index (χ0n) is 16.0. The van der Waals surface area contributed by atoms with E-state index in [1.165, 1.54) is 6.42 Å². The molecule has 2 atom stereocenters. The van der Waals surface area contributed by atoms with Crippen LogP contribution < -0.4 is 10.6 Å². The number of H-pyrrole nitrogens is 1. The molecule has 148 valence electrons. The maximum Gasteiger partial charge on any atom is 0.325 e. The molecule has 2 aromatic rings. The summed E-state index contributed by atoms with van der Waals surface area (Å²) in [6, 6.07) is 6.02. The Morgan fingerprint density at radius 1 is 1.21 bits per heavy atom. The smallest absolute Gasteiger partial charge is 0.325 e. The van der Waals surface area contributed by atoms with Crippen LogP contribution in [0.15, 0.2) is 30.5 Å². The van der Waals surface area contributed by atoms with Crippen molar-refractivity contribution in [3.63, 3.8) is 0 Å². The molecule has 3 N–H and O–H groups in total. The van der Waals surface area contributed by atoms with Gasteiger partial charge in [0.15, 0.2) is 0 Å². The number of nitrogens with zero attached hydrogens (tertiary/aromatic N) is 1. The van der Waals surface area contributed by atoms with Crippen molar-refractivity contribution in [2.45, 2.75) is 63.6 Å². The van der Waals surface area contributed by atoms with Gasteiger partial charge in [-0.2, -0.15) is 0 Å². The lowest BCUT2D eigenvalue weighted by Gasteiger charge is -2.27. The summed E-state index contributed by atoms with van der Waals surface area (Å²) in [7, 11) is 0. The summed E-state index contributed by atoms with van der Waals surface area (Å²) >= 11 is 0. The highest BCUT2D eigenvalue weighted by atomic mass is 16.2. The SMILES string of the molecule is C[C@H](C(=O)NC1CCCCC1)N1C(=O)N[C@@H](Cc2c[nH]c3ccccc23)C1=O. The molecule has 7 heteroatoms. The predicted octanol–water partition coefficient (Wildman–Crippen LogP) is 2.47. The average Bonchev–Trinajstić information content (AvgIpc) is 3.23. The Labute approximate surface area is 163 Å². The van der Waals surface area contributed by atoms with Crippen molar-refractivity contribution >= 4 is 28.7 Å². The molecule has 1 aliphatic heterocycles. The number of hydrogen-bond donors (Lipinski definition) is 3. The van der Waals surface area contributed by atoms with Gasteiger partial charge >= 0.3 is 6.03 Å². The Morgan fingerprint density at radius 2 is 1.96 bits per heavy atom. The van der Waals surface area contributed by atoms with Crippen LogP contribution in [0.1, 0.15) is 44.6 Å². The van der Waals surface area contributed by atoms with E-state index in [1.54, 1.807) is 6.92 Å². The lowest BCUT2D eigenvalue weighted by molar-refractivity contribution is -0.135. The molecule has 0 spiro atoms. The van der Waals surface area contributed by atoms with E-state index in [4.69, 9.17) is 0 Å². The Balaban J connectivity index is 1.43. The maximum absolute atomic E-state index is 12.9. The predicted molar refractivity (Wildman–Crippen MR) is 106 cm³/mol. The van der Waals surface area contributed by atoms with Crippen molar-refractivity contribution in [2.24, 2.45) is 0 Å². The molecule has 4 rings (SSSR count). The first-order valence-electron chi connectivity index (χ1n) is 10.0. The summed E-state index contributed by atoms with van der Waals surface area (Å²) in [6.07, 6.45) is 7.59. The lowest BCUT2D eigenvalue weighted by atomic mass is 9.95. The van der Waals surface area contributed by atoms with Gasteiger partial charge in [-0.15, -0.1) is 0 Å². The fraction of sp³-hybridized carbons (Fsp3) is 0.476. The van der Waals surface area contributed by atoms with Gasteiger partial charge in [-0.3, -0.25) is 14.5 Å². The summed E-state index contributed by atoms with van der Waals surface area (Å²) in [6.45, 7) is 1.61. The van der Waals surface area contributed by atoms with E-state index in [2.05, 4.69) is 15.6 Å². The molecular weight excluding hydrogens is 356 g/mol. The van der Waals surface area contributed by atoms with Gasteiger partial charge in [-0.1, -0.05) is 37.5 Å². The second kappa shape index (κ2) is 7.66. The summed E-state index contributed by atoms with van der Waals surface area (Å²) in [5.41, 5.74) is 1.96. The number of hydrogen-bond acceptors (Lipinski definition) is 3. The minimum Gasteiger partial charge on any atom is -0.361 e. The standard InChI is InChI=1S/C21H26N4O3/c1-13(19(26)23-15-7-3-2-4-8-15)25-20(27)18(24-21(25)28)11-14-12-22-17-10-6-5-9-16(14)17/h5-6,9-10,12-13,15,18,22H,2-4,7-8,11H2,1H3,(H,23,26)(H,24,28)/t13-,18+/m1/s1. The monoisotopic (exact) mass is 382 g/mol. The van der Waals surface area contributed by atoms with Gasteiger partial charge < -0.3 is 15.6 Å². The molecule has 2 fully saturated rings. The van der Waals surface area contributed by atoms with E-state index in [9.17, 15) is 14.4 Å². The highest BCUT2D eigenvalue weighted by Crippen LogP contribution is 2.22. The van der Waals surface area contributed by atoms with Crippen LogP contribution in [0.4, 0.5) is 4.79 Å². The van der Waals surface area contributed by atoms with Crippen LogP contribution in [-0.4, -0.2) is 45.9 Å². The third-order valence-corrected chi connectivity index (χ3v) is 5.87. The molecule has 1 aromatic carbocycles. The van der Waals surface area contributed by atoms with E-state index in [1.807, 2.05) is 30.5 Å². The third kappa shape index (κ3) is 3.48. The van der Waals surface area contributed by atoms with Crippen LogP contribution in [-0.2, 0) is 16.0 Å². The van der Waals surface area contributed by atoms with Gasteiger partial charge in [-0.25, -0.2) is 4.79 Å². The number of nitrogens with one attached hydrogen (secondary N) is 3. The molecule has 0 unspecified atom stereocenters. The molecule has 0 bridgehead atoms. The molecule has 1 saturated carbocycles. The number of amides is 4. The van der Waals surface area contributed by atoms with E-state index >= 15 is 0 Å². The first kappa shape index (κ1) is 18.5. The number of aromatic nitrogens is 1. The van der Waals surface area contributed by atoms with Crippen molar-refractivity contribution < 1.29 is 14.4 Å². The lowest BCUT2D eigenvalue weighted by Crippen LogP contribution is -2.51. The van der Waals surface area contributed by atoms with Crippen LogP contribution >= 0.6 is 0 Å². The number of urea groups is 1. The Morgan fingerprint density at radius 3 is 2.75 bits per heavy atom. The van der Waals surface area contributed by atoms with E-state index in [-0.39, 0.29) is 17.9 Å². The van der Waals surface area contributed by atoms with Crippen LogP contribution in [0.5, 0.6) is 0 Å². The number of rotatable bonds is 5. The zero-order valence-corrected chi connectivity index (χ0v) is 16.0. The molecule has 1 aromatic heterocycles. The fourth-order valence-electron chi connectivity index (χ4n) is 4.26. The first-order chi connectivity index (χ1) is 13.5. The molecule has 7 nitrogen and oxygen atoms in total. The van der Waals surface area contributed by atoms with E-state index < -0.39 is 18.1 Å². The van der Waals surface area contributed by atoms with Gasteiger partial charge in [0.1, 0.15) is 12.1 Å². The molecule has 28 heavy (non-hydrogen) atoms. The van der Waals surface area contributed by atoms with Gasteiger partial charge in [0.05, 0.1) is 0 Å². The summed E-state index contributed by atoms with van der Waals surface area (Å²) < 4.78 is 0. The maximum atomic E-state index is 12.9. The third-order valence-electron chi connectivity index (χ3n) is 5.87. The summed E-state index contributed by atoms with van der Waals surface area (Å²) in [5, 5.41) is 6.78. The summed E-state index contributed by atoms with van der Waals surface area (Å²) in [4.78, 5) is 42.1. The summed E-state index contributed by atoms with van der Waals surface area (Å²) in [5.74, 6) is -0.607. The van der Waals surface area contributed by atoms with Crippen LogP contribution in [0.2, 0.25) is 0 Å². The normalized spacial score (nSPS) is 21.8. The molecule has 0 radical (unpaired) electrons. The van der Waals surface area contributed by atoms with Crippen molar-refractivity contribution in [3.05, 3.63) is 36.0 Å². The minimum absolute atomic E-state index is 0.145. The van der Waals surface area contributed by atoms with Gasteiger partial charge in [0.25, 0.3) is 5.91 Å². The first-order valence-corrected chi connectivity index (χ1v) is 10.0. The highest BCUT2D eigenvalue weighted by Gasteiger charge is 2.43. The number of aromatic amines is 1. The van der Waals surface area contributed by atoms with Gasteiger partial charge in [-0.05, 0) is 31.4 Å². The largest absolute Gasteiger partial charge is 0.361 e. The Hall–Kier alpha value is -2.83. The number of para-hydroxylation sites is 1. The number of fused-ring (bicyclic) bond motifs is 1. The molecule has 1 aliphatic carbocycles.